The highest BCUT2D eigenvalue weighted by Crippen LogP contribution is 2.19. The molecular formula is C14H23N3O. The van der Waals surface area contributed by atoms with Crippen molar-refractivity contribution in [3.05, 3.63) is 24.0 Å². The van der Waals surface area contributed by atoms with Gasteiger partial charge in [0.05, 0.1) is 11.8 Å². The fraction of sp³-hybridized carbons (Fsp3) is 0.643. The van der Waals surface area contributed by atoms with E-state index in [9.17, 15) is 0 Å². The summed E-state index contributed by atoms with van der Waals surface area (Å²) < 4.78 is 5.71. The van der Waals surface area contributed by atoms with E-state index < -0.39 is 0 Å². The lowest BCUT2D eigenvalue weighted by molar-refractivity contribution is 0.115. The van der Waals surface area contributed by atoms with E-state index >= 15 is 0 Å². The smallest absolute Gasteiger partial charge is 0.0750 e. The first-order valence-electron chi connectivity index (χ1n) is 6.79. The molecule has 1 fully saturated rings. The van der Waals surface area contributed by atoms with Gasteiger partial charge in [0, 0.05) is 38.1 Å². The summed E-state index contributed by atoms with van der Waals surface area (Å²) >= 11 is 0. The van der Waals surface area contributed by atoms with E-state index in [0.717, 1.165) is 31.9 Å². The van der Waals surface area contributed by atoms with E-state index in [1.165, 1.54) is 18.5 Å². The molecule has 0 radical (unpaired) electrons. The Kier molecular flexibility index (Phi) is 4.96. The van der Waals surface area contributed by atoms with Gasteiger partial charge in [-0.15, -0.1) is 0 Å². The van der Waals surface area contributed by atoms with Gasteiger partial charge in [-0.25, -0.2) is 0 Å². The monoisotopic (exact) mass is 249 g/mol. The lowest BCUT2D eigenvalue weighted by atomic mass is 10.2. The second-order valence-corrected chi connectivity index (χ2v) is 4.71. The second-order valence-electron chi connectivity index (χ2n) is 4.71. The number of hydrogen-bond donors (Lipinski definition) is 1. The van der Waals surface area contributed by atoms with Crippen molar-refractivity contribution in [3.63, 3.8) is 0 Å². The SMILES string of the molecule is CCN(CC1CCCO1)c1ccnc(CNC)c1. The summed E-state index contributed by atoms with van der Waals surface area (Å²) in [5.74, 6) is 0. The summed E-state index contributed by atoms with van der Waals surface area (Å²) in [5.41, 5.74) is 2.33. The number of rotatable bonds is 6. The topological polar surface area (TPSA) is 37.4 Å². The molecule has 0 aromatic carbocycles. The van der Waals surface area contributed by atoms with Crippen molar-refractivity contribution in [2.24, 2.45) is 0 Å². The van der Waals surface area contributed by atoms with Crippen LogP contribution in [0.25, 0.3) is 0 Å². The number of pyridine rings is 1. The number of aromatic nitrogens is 1. The number of anilines is 1. The van der Waals surface area contributed by atoms with Crippen molar-refractivity contribution in [3.8, 4) is 0 Å². The minimum absolute atomic E-state index is 0.394. The Labute approximate surface area is 109 Å². The molecule has 0 bridgehead atoms. The van der Waals surface area contributed by atoms with Gasteiger partial charge in [0.15, 0.2) is 0 Å². The third-order valence-corrected chi connectivity index (χ3v) is 3.35. The quantitative estimate of drug-likeness (QED) is 0.834. The van der Waals surface area contributed by atoms with E-state index in [-0.39, 0.29) is 0 Å². The average molecular weight is 249 g/mol. The van der Waals surface area contributed by atoms with E-state index in [2.05, 4.69) is 34.3 Å². The van der Waals surface area contributed by atoms with Gasteiger partial charge in [-0.3, -0.25) is 4.98 Å². The van der Waals surface area contributed by atoms with Crippen molar-refractivity contribution in [1.29, 1.82) is 0 Å². The Morgan fingerprint density at radius 2 is 2.44 bits per heavy atom. The zero-order chi connectivity index (χ0) is 12.8. The Morgan fingerprint density at radius 3 is 3.11 bits per heavy atom. The van der Waals surface area contributed by atoms with Crippen LogP contribution in [0.15, 0.2) is 18.3 Å². The molecule has 1 N–H and O–H groups in total. The molecule has 1 aliphatic rings. The number of hydrogen-bond acceptors (Lipinski definition) is 4. The van der Waals surface area contributed by atoms with Gasteiger partial charge in [0.2, 0.25) is 0 Å². The van der Waals surface area contributed by atoms with Gasteiger partial charge >= 0.3 is 0 Å². The third kappa shape index (κ3) is 3.43. The van der Waals surface area contributed by atoms with Crippen LogP contribution in [0.3, 0.4) is 0 Å². The molecule has 0 spiro atoms. The normalized spacial score (nSPS) is 19.1. The van der Waals surface area contributed by atoms with Crippen molar-refractivity contribution < 1.29 is 4.74 Å². The van der Waals surface area contributed by atoms with Gasteiger partial charge in [0.1, 0.15) is 0 Å². The summed E-state index contributed by atoms with van der Waals surface area (Å²) in [5, 5.41) is 3.14. The van der Waals surface area contributed by atoms with E-state index in [4.69, 9.17) is 4.74 Å². The van der Waals surface area contributed by atoms with Gasteiger partial charge in [0.25, 0.3) is 0 Å². The molecular weight excluding hydrogens is 226 g/mol. The summed E-state index contributed by atoms with van der Waals surface area (Å²) in [7, 11) is 1.94. The minimum Gasteiger partial charge on any atom is -0.376 e. The molecule has 0 aliphatic carbocycles. The number of nitrogens with zero attached hydrogens (tertiary/aromatic N) is 2. The van der Waals surface area contributed by atoms with Crippen LogP contribution in [0, 0.1) is 0 Å². The van der Waals surface area contributed by atoms with Crippen LogP contribution >= 0.6 is 0 Å². The van der Waals surface area contributed by atoms with Gasteiger partial charge in [-0.2, -0.15) is 0 Å². The van der Waals surface area contributed by atoms with Crippen molar-refractivity contribution >= 4 is 5.69 Å². The van der Waals surface area contributed by atoms with Gasteiger partial charge in [-0.05, 0) is 38.9 Å². The molecule has 1 aromatic rings. The summed E-state index contributed by atoms with van der Waals surface area (Å²) in [6.45, 7) is 5.91. The lowest BCUT2D eigenvalue weighted by Gasteiger charge is -2.26. The molecule has 4 nitrogen and oxygen atoms in total. The Balaban J connectivity index is 2.03. The standard InChI is InChI=1S/C14H23N3O/c1-3-17(11-14-5-4-8-18-14)13-6-7-16-12(9-13)10-15-2/h6-7,9,14-15H,3-5,8,10-11H2,1-2H3. The molecule has 18 heavy (non-hydrogen) atoms. The number of nitrogens with one attached hydrogen (secondary N) is 1. The van der Waals surface area contributed by atoms with Crippen molar-refractivity contribution in [1.82, 2.24) is 10.3 Å². The molecule has 1 saturated heterocycles. The predicted octanol–water partition coefficient (Wildman–Crippen LogP) is 1.81. The second kappa shape index (κ2) is 6.71. The summed E-state index contributed by atoms with van der Waals surface area (Å²) in [6, 6.07) is 4.24. The van der Waals surface area contributed by atoms with Crippen LogP contribution in [0.5, 0.6) is 0 Å². The highest BCUT2D eigenvalue weighted by Gasteiger charge is 2.18. The Hall–Kier alpha value is -1.13. The molecule has 0 saturated carbocycles. The third-order valence-electron chi connectivity index (χ3n) is 3.35. The molecule has 1 atom stereocenters. The first-order chi connectivity index (χ1) is 8.83. The molecule has 2 heterocycles. The van der Waals surface area contributed by atoms with Crippen LogP contribution in [-0.4, -0.2) is 37.8 Å². The molecule has 1 aliphatic heterocycles. The van der Waals surface area contributed by atoms with Crippen LogP contribution in [-0.2, 0) is 11.3 Å². The molecule has 1 aromatic heterocycles. The highest BCUT2D eigenvalue weighted by atomic mass is 16.5. The zero-order valence-corrected chi connectivity index (χ0v) is 11.4. The Bertz CT molecular complexity index is 364. The van der Waals surface area contributed by atoms with Crippen LogP contribution in [0.1, 0.15) is 25.5 Å². The van der Waals surface area contributed by atoms with Crippen LogP contribution < -0.4 is 10.2 Å². The fourth-order valence-electron chi connectivity index (χ4n) is 2.39. The zero-order valence-electron chi connectivity index (χ0n) is 11.4. The van der Waals surface area contributed by atoms with E-state index in [1.807, 2.05) is 13.2 Å². The predicted molar refractivity (Wildman–Crippen MR) is 73.9 cm³/mol. The maximum Gasteiger partial charge on any atom is 0.0750 e. The average Bonchev–Trinajstić information content (AvgIpc) is 2.89. The first-order valence-corrected chi connectivity index (χ1v) is 6.79. The van der Waals surface area contributed by atoms with E-state index in [1.54, 1.807) is 0 Å². The first kappa shape index (κ1) is 13.3. The fourth-order valence-corrected chi connectivity index (χ4v) is 2.39. The van der Waals surface area contributed by atoms with Crippen molar-refractivity contribution in [2.75, 3.05) is 31.6 Å². The highest BCUT2D eigenvalue weighted by molar-refractivity contribution is 5.46. The van der Waals surface area contributed by atoms with Crippen LogP contribution in [0.2, 0.25) is 0 Å². The number of ether oxygens (including phenoxy) is 1. The molecule has 1 unspecified atom stereocenters. The van der Waals surface area contributed by atoms with Crippen LogP contribution in [0.4, 0.5) is 5.69 Å². The molecule has 2 rings (SSSR count). The molecule has 4 heteroatoms. The number of likely N-dealkylation sites (N-methyl/N-ethyl adjacent to an activating group) is 1. The lowest BCUT2D eigenvalue weighted by Crippen LogP contribution is -2.32. The maximum atomic E-state index is 5.71. The largest absolute Gasteiger partial charge is 0.376 e. The maximum absolute atomic E-state index is 5.71. The van der Waals surface area contributed by atoms with E-state index in [0.29, 0.717) is 6.10 Å². The Morgan fingerprint density at radius 1 is 1.56 bits per heavy atom. The summed E-state index contributed by atoms with van der Waals surface area (Å²) in [6.07, 6.45) is 4.67. The minimum atomic E-state index is 0.394. The summed E-state index contributed by atoms with van der Waals surface area (Å²) in [4.78, 5) is 6.73. The molecule has 100 valence electrons. The van der Waals surface area contributed by atoms with Gasteiger partial charge < -0.3 is 15.0 Å². The molecule has 0 amide bonds. The van der Waals surface area contributed by atoms with Crippen molar-refractivity contribution in [2.45, 2.75) is 32.4 Å². The van der Waals surface area contributed by atoms with Gasteiger partial charge in [-0.1, -0.05) is 0 Å².